The summed E-state index contributed by atoms with van der Waals surface area (Å²) in [6.45, 7) is 11.0. The van der Waals surface area contributed by atoms with Gasteiger partial charge >= 0.3 is 0 Å². The highest BCUT2D eigenvalue weighted by Crippen LogP contribution is 2.36. The number of rotatable bonds is 7. The molecule has 1 aromatic carbocycles. The van der Waals surface area contributed by atoms with Gasteiger partial charge in [-0.1, -0.05) is 39.8 Å². The van der Waals surface area contributed by atoms with Gasteiger partial charge in [0.15, 0.2) is 0 Å². The molecule has 1 aliphatic rings. The highest BCUT2D eigenvalue weighted by molar-refractivity contribution is 6.03. The molecule has 1 saturated heterocycles. The maximum atomic E-state index is 12.6. The number of carbonyl (C=O) groups excluding carboxylic acids is 1. The summed E-state index contributed by atoms with van der Waals surface area (Å²) < 4.78 is 8.23. The van der Waals surface area contributed by atoms with E-state index in [1.165, 1.54) is 0 Å². The third-order valence-corrected chi connectivity index (χ3v) is 6.41. The molecular weight excluding hydrogens is 402 g/mol. The van der Waals surface area contributed by atoms with Gasteiger partial charge in [0.25, 0.3) is 5.91 Å². The molecule has 1 amide bonds. The van der Waals surface area contributed by atoms with Gasteiger partial charge in [0, 0.05) is 30.3 Å². The lowest BCUT2D eigenvalue weighted by Gasteiger charge is -2.42. The number of carbonyl (C=O) groups is 1. The Kier molecular flexibility index (Phi) is 6.86. The van der Waals surface area contributed by atoms with E-state index in [1.807, 2.05) is 18.3 Å². The van der Waals surface area contributed by atoms with E-state index in [-0.39, 0.29) is 18.1 Å². The van der Waals surface area contributed by atoms with Crippen LogP contribution in [0, 0.1) is 5.92 Å². The third kappa shape index (κ3) is 4.84. The molecule has 0 spiro atoms. The molecule has 3 heterocycles. The fourth-order valence-electron chi connectivity index (χ4n) is 4.53. The minimum atomic E-state index is -0.251. The summed E-state index contributed by atoms with van der Waals surface area (Å²) in [6.07, 6.45) is 7.55. The van der Waals surface area contributed by atoms with Crippen molar-refractivity contribution < 1.29 is 9.53 Å². The third-order valence-electron chi connectivity index (χ3n) is 6.41. The number of fused-ring (bicyclic) bond motifs is 1. The maximum Gasteiger partial charge on any atom is 0.275 e. The number of hydrogen-bond acceptors (Lipinski definition) is 5. The van der Waals surface area contributed by atoms with Crippen LogP contribution in [-0.2, 0) is 4.74 Å². The molecule has 4 rings (SSSR count). The lowest BCUT2D eigenvalue weighted by Crippen LogP contribution is -2.44. The Morgan fingerprint density at radius 1 is 1.22 bits per heavy atom. The zero-order chi connectivity index (χ0) is 22.7. The van der Waals surface area contributed by atoms with E-state index in [4.69, 9.17) is 4.74 Å². The van der Waals surface area contributed by atoms with Crippen molar-refractivity contribution in [2.24, 2.45) is 5.92 Å². The summed E-state index contributed by atoms with van der Waals surface area (Å²) in [7, 11) is 0. The number of amides is 1. The van der Waals surface area contributed by atoms with Crippen LogP contribution in [0.15, 0.2) is 48.9 Å². The number of ether oxygens (including phenoxy) is 1. The standard InChI is InChI=1S/C25H33N5O2/c1-5-29(6-2)20-14-22(17(3)4)32-23(15-20)18-8-10-19(11-9-18)27-24(31)21-16-30-13-7-12-26-25(30)28-21/h7-13,16-17,20,22-23H,5-6,14-15H2,1-4H3,(H,27,31)/t20-,22-,23+/m1/s1. The maximum absolute atomic E-state index is 12.6. The summed E-state index contributed by atoms with van der Waals surface area (Å²) in [5.41, 5.74) is 2.23. The van der Waals surface area contributed by atoms with E-state index in [0.29, 0.717) is 23.4 Å². The van der Waals surface area contributed by atoms with E-state index < -0.39 is 0 Å². The average Bonchev–Trinajstić information content (AvgIpc) is 3.25. The van der Waals surface area contributed by atoms with Gasteiger partial charge in [0.1, 0.15) is 5.69 Å². The van der Waals surface area contributed by atoms with Crippen molar-refractivity contribution in [3.05, 3.63) is 60.2 Å². The van der Waals surface area contributed by atoms with Gasteiger partial charge < -0.3 is 15.0 Å². The molecule has 3 aromatic rings. The van der Waals surface area contributed by atoms with Gasteiger partial charge in [-0.3, -0.25) is 9.20 Å². The van der Waals surface area contributed by atoms with Gasteiger partial charge in [-0.15, -0.1) is 0 Å². The Bertz CT molecular complexity index is 1010. The molecule has 0 bridgehead atoms. The predicted octanol–water partition coefficient (Wildman–Crippen LogP) is 4.57. The Morgan fingerprint density at radius 2 is 1.97 bits per heavy atom. The van der Waals surface area contributed by atoms with Crippen molar-refractivity contribution in [3.8, 4) is 0 Å². The lowest BCUT2D eigenvalue weighted by atomic mass is 9.89. The molecule has 1 aliphatic heterocycles. The second-order valence-corrected chi connectivity index (χ2v) is 8.78. The number of aromatic nitrogens is 3. The Balaban J connectivity index is 1.46. The summed E-state index contributed by atoms with van der Waals surface area (Å²) in [5.74, 6) is 0.734. The molecule has 1 N–H and O–H groups in total. The Labute approximate surface area is 189 Å². The monoisotopic (exact) mass is 435 g/mol. The number of nitrogens with one attached hydrogen (secondary N) is 1. The molecule has 0 unspecified atom stereocenters. The zero-order valence-electron chi connectivity index (χ0n) is 19.4. The summed E-state index contributed by atoms with van der Waals surface area (Å²) >= 11 is 0. The smallest absolute Gasteiger partial charge is 0.275 e. The van der Waals surface area contributed by atoms with Crippen LogP contribution in [0.2, 0.25) is 0 Å². The van der Waals surface area contributed by atoms with Crippen molar-refractivity contribution >= 4 is 17.4 Å². The SMILES string of the molecule is CCN(CC)[C@H]1C[C@@H](c2ccc(NC(=O)c3cn4cccnc4n3)cc2)O[C@@H](C(C)C)C1. The number of nitrogens with zero attached hydrogens (tertiary/aromatic N) is 4. The largest absolute Gasteiger partial charge is 0.370 e. The van der Waals surface area contributed by atoms with Crippen LogP contribution < -0.4 is 5.32 Å². The minimum Gasteiger partial charge on any atom is -0.370 e. The first-order chi connectivity index (χ1) is 15.5. The molecule has 0 aliphatic carbocycles. The summed E-state index contributed by atoms with van der Waals surface area (Å²) in [5, 5.41) is 2.93. The molecule has 1 fully saturated rings. The summed E-state index contributed by atoms with van der Waals surface area (Å²) in [6, 6.07) is 10.3. The molecule has 32 heavy (non-hydrogen) atoms. The van der Waals surface area contributed by atoms with E-state index in [9.17, 15) is 4.79 Å². The lowest BCUT2D eigenvalue weighted by molar-refractivity contribution is -0.101. The molecule has 7 nitrogen and oxygen atoms in total. The predicted molar refractivity (Wildman–Crippen MR) is 126 cm³/mol. The van der Waals surface area contributed by atoms with Crippen LogP contribution >= 0.6 is 0 Å². The van der Waals surface area contributed by atoms with Crippen LogP contribution in [0.25, 0.3) is 5.78 Å². The van der Waals surface area contributed by atoms with Crippen LogP contribution in [-0.4, -0.2) is 50.4 Å². The number of benzene rings is 1. The van der Waals surface area contributed by atoms with Gasteiger partial charge in [-0.25, -0.2) is 9.97 Å². The Hall–Kier alpha value is -2.77. The Morgan fingerprint density at radius 3 is 2.62 bits per heavy atom. The minimum absolute atomic E-state index is 0.0658. The van der Waals surface area contributed by atoms with Crippen molar-refractivity contribution in [3.63, 3.8) is 0 Å². The van der Waals surface area contributed by atoms with Crippen LogP contribution in [0.5, 0.6) is 0 Å². The number of anilines is 1. The number of imidazole rings is 1. The fourth-order valence-corrected chi connectivity index (χ4v) is 4.53. The average molecular weight is 436 g/mol. The molecule has 3 atom stereocenters. The normalized spacial score (nSPS) is 21.4. The van der Waals surface area contributed by atoms with Crippen molar-refractivity contribution in [1.82, 2.24) is 19.3 Å². The van der Waals surface area contributed by atoms with Crippen LogP contribution in [0.3, 0.4) is 0 Å². The molecule has 0 saturated carbocycles. The van der Waals surface area contributed by atoms with E-state index in [1.54, 1.807) is 22.9 Å². The topological polar surface area (TPSA) is 71.8 Å². The van der Waals surface area contributed by atoms with E-state index >= 15 is 0 Å². The first kappa shape index (κ1) is 22.4. The second kappa shape index (κ2) is 9.79. The molecule has 170 valence electrons. The van der Waals surface area contributed by atoms with E-state index in [0.717, 1.165) is 37.2 Å². The molecule has 0 radical (unpaired) electrons. The van der Waals surface area contributed by atoms with Crippen LogP contribution in [0.4, 0.5) is 5.69 Å². The summed E-state index contributed by atoms with van der Waals surface area (Å²) in [4.78, 5) is 23.6. The fraction of sp³-hybridized carbons (Fsp3) is 0.480. The molecule has 2 aromatic heterocycles. The van der Waals surface area contributed by atoms with Crippen molar-refractivity contribution in [2.45, 2.75) is 58.8 Å². The first-order valence-electron chi connectivity index (χ1n) is 11.6. The van der Waals surface area contributed by atoms with E-state index in [2.05, 4.69) is 60.0 Å². The zero-order valence-corrected chi connectivity index (χ0v) is 19.4. The first-order valence-corrected chi connectivity index (χ1v) is 11.6. The van der Waals surface area contributed by atoms with Gasteiger partial charge in [-0.2, -0.15) is 0 Å². The highest BCUT2D eigenvalue weighted by atomic mass is 16.5. The highest BCUT2D eigenvalue weighted by Gasteiger charge is 2.34. The van der Waals surface area contributed by atoms with Gasteiger partial charge in [0.2, 0.25) is 5.78 Å². The van der Waals surface area contributed by atoms with Crippen molar-refractivity contribution in [1.29, 1.82) is 0 Å². The van der Waals surface area contributed by atoms with Crippen molar-refractivity contribution in [2.75, 3.05) is 18.4 Å². The quantitative estimate of drug-likeness (QED) is 0.589. The van der Waals surface area contributed by atoms with Gasteiger partial charge in [-0.05, 0) is 55.6 Å². The van der Waals surface area contributed by atoms with Gasteiger partial charge in [0.05, 0.1) is 12.2 Å². The number of hydrogen-bond donors (Lipinski definition) is 1. The second-order valence-electron chi connectivity index (χ2n) is 8.78. The van der Waals surface area contributed by atoms with Crippen LogP contribution in [0.1, 0.15) is 62.7 Å². The molecular formula is C25H33N5O2. The molecule has 7 heteroatoms.